The van der Waals surface area contributed by atoms with Gasteiger partial charge < -0.3 is 28.6 Å². The number of hydrogen-bond acceptors (Lipinski definition) is 10. The predicted molar refractivity (Wildman–Crippen MR) is 305 cm³/mol. The molecule has 0 radical (unpaired) electrons. The molecule has 0 heterocycles. The van der Waals surface area contributed by atoms with Crippen molar-refractivity contribution in [3.63, 3.8) is 0 Å². The quantitative estimate of drug-likeness (QED) is 0.0252. The van der Waals surface area contributed by atoms with Gasteiger partial charge in [0.25, 0.3) is 0 Å². The number of carbonyl (C=O) groups excluding carboxylic acids is 4. The number of allylic oxidation sites excluding steroid dienone is 8. The summed E-state index contributed by atoms with van der Waals surface area (Å²) in [4.78, 5) is 54.1. The maximum atomic E-state index is 13.4. The summed E-state index contributed by atoms with van der Waals surface area (Å²) in [5, 5.41) is 0. The van der Waals surface area contributed by atoms with Crippen molar-refractivity contribution in [1.82, 2.24) is 4.90 Å². The van der Waals surface area contributed by atoms with E-state index in [-0.39, 0.29) is 57.4 Å². The Morgan fingerprint density at radius 2 is 0.767 bits per heavy atom. The lowest BCUT2D eigenvalue weighted by molar-refractivity contribution is -0.167. The summed E-state index contributed by atoms with van der Waals surface area (Å²) >= 11 is 0. The molecule has 0 saturated heterocycles. The highest BCUT2D eigenvalue weighted by Crippen LogP contribution is 2.18. The lowest BCUT2D eigenvalue weighted by atomic mass is 10.0. The maximum Gasteiger partial charge on any atom is 0.508 e. The van der Waals surface area contributed by atoms with E-state index in [9.17, 15) is 19.2 Å². The molecule has 0 bridgehead atoms. The smallest absolute Gasteiger partial charge is 0.462 e. The van der Waals surface area contributed by atoms with Gasteiger partial charge in [0.05, 0.1) is 6.61 Å². The van der Waals surface area contributed by atoms with Gasteiger partial charge >= 0.3 is 24.1 Å². The van der Waals surface area contributed by atoms with Crippen LogP contribution in [0, 0.1) is 0 Å². The molecule has 73 heavy (non-hydrogen) atoms. The van der Waals surface area contributed by atoms with E-state index in [0.717, 1.165) is 129 Å². The summed E-state index contributed by atoms with van der Waals surface area (Å²) in [6.45, 7) is 13.5. The van der Waals surface area contributed by atoms with Crippen LogP contribution < -0.4 is 0 Å². The molecule has 0 aromatic rings. The van der Waals surface area contributed by atoms with Crippen molar-refractivity contribution >= 4 is 24.1 Å². The molecule has 0 aliphatic rings. The average molecular weight is 1030 g/mol. The molecule has 10 heteroatoms. The fraction of sp³-hybridized carbons (Fsp3) is 0.810. The summed E-state index contributed by atoms with van der Waals surface area (Å²) < 4.78 is 28.2. The van der Waals surface area contributed by atoms with E-state index in [4.69, 9.17) is 23.7 Å². The third-order valence-corrected chi connectivity index (χ3v) is 13.4. The van der Waals surface area contributed by atoms with Crippen molar-refractivity contribution in [2.45, 2.75) is 291 Å². The van der Waals surface area contributed by atoms with Gasteiger partial charge in [-0.1, -0.05) is 205 Å². The normalized spacial score (nSPS) is 12.7. The topological polar surface area (TPSA) is 118 Å². The van der Waals surface area contributed by atoms with Crippen molar-refractivity contribution in [3.05, 3.63) is 48.6 Å². The van der Waals surface area contributed by atoms with Gasteiger partial charge in [-0.15, -0.1) is 0 Å². The molecule has 0 aromatic heterocycles. The SMILES string of the molecule is CCCCCC=CCC=CCCCCCCCC(=O)OCC(COC(=O)CCCCCCC/C=C\C/C=C\CCCCC)OC(=O)CCC(CCCCCCCCCCCC)OC(=O)OCCCN(CC)CC. The first-order valence-electron chi connectivity index (χ1n) is 30.5. The first kappa shape index (κ1) is 69.6. The predicted octanol–water partition coefficient (Wildman–Crippen LogP) is 18.0. The van der Waals surface area contributed by atoms with E-state index < -0.39 is 24.3 Å². The number of ether oxygens (including phenoxy) is 5. The zero-order chi connectivity index (χ0) is 53.3. The van der Waals surface area contributed by atoms with E-state index in [0.29, 0.717) is 12.8 Å². The largest absolute Gasteiger partial charge is 0.508 e. The molecule has 2 unspecified atom stereocenters. The van der Waals surface area contributed by atoms with Gasteiger partial charge in [0.1, 0.15) is 19.3 Å². The summed E-state index contributed by atoms with van der Waals surface area (Å²) in [5.41, 5.74) is 0. The van der Waals surface area contributed by atoms with Gasteiger partial charge in [-0.25, -0.2) is 4.79 Å². The Labute approximate surface area is 449 Å². The van der Waals surface area contributed by atoms with Crippen LogP contribution in [-0.4, -0.2) is 80.6 Å². The number of hydrogen-bond donors (Lipinski definition) is 0. The maximum absolute atomic E-state index is 13.4. The summed E-state index contributed by atoms with van der Waals surface area (Å²) in [7, 11) is 0. The van der Waals surface area contributed by atoms with Gasteiger partial charge in [0.15, 0.2) is 6.10 Å². The van der Waals surface area contributed by atoms with Crippen LogP contribution in [0.3, 0.4) is 0 Å². The summed E-state index contributed by atoms with van der Waals surface area (Å²) in [6.07, 6.45) is 54.2. The van der Waals surface area contributed by atoms with Crippen molar-refractivity contribution in [2.24, 2.45) is 0 Å². The Morgan fingerprint density at radius 1 is 0.370 bits per heavy atom. The fourth-order valence-corrected chi connectivity index (χ4v) is 8.59. The lowest BCUT2D eigenvalue weighted by Gasteiger charge is -2.20. The van der Waals surface area contributed by atoms with Crippen molar-refractivity contribution in [1.29, 1.82) is 0 Å². The van der Waals surface area contributed by atoms with Gasteiger partial charge in [0.2, 0.25) is 0 Å². The molecule has 0 saturated carbocycles. The molecule has 0 aliphatic carbocycles. The number of nitrogens with zero attached hydrogens (tertiary/aromatic N) is 1. The van der Waals surface area contributed by atoms with Gasteiger partial charge in [-0.3, -0.25) is 14.4 Å². The van der Waals surface area contributed by atoms with Gasteiger partial charge in [-0.2, -0.15) is 0 Å². The monoisotopic (exact) mass is 1030 g/mol. The van der Waals surface area contributed by atoms with Crippen LogP contribution in [0.1, 0.15) is 279 Å². The molecule has 0 rings (SSSR count). The minimum Gasteiger partial charge on any atom is -0.462 e. The van der Waals surface area contributed by atoms with E-state index in [1.165, 1.54) is 96.3 Å². The van der Waals surface area contributed by atoms with E-state index in [1.807, 2.05) is 0 Å². The Morgan fingerprint density at radius 3 is 1.22 bits per heavy atom. The van der Waals surface area contributed by atoms with E-state index in [2.05, 4.69) is 88.1 Å². The molecule has 0 spiro atoms. The fourth-order valence-electron chi connectivity index (χ4n) is 8.59. The number of carbonyl (C=O) groups is 4. The van der Waals surface area contributed by atoms with Crippen molar-refractivity contribution in [2.75, 3.05) is 39.5 Å². The third-order valence-electron chi connectivity index (χ3n) is 13.4. The standard InChI is InChI=1S/C63H113NO9/c1-6-11-14-17-20-23-26-28-30-32-34-37-40-43-46-50-60(65)70-56-59(57-71-61(66)51-47-44-41-38-35-33-31-29-27-24-21-18-15-12-7-2)72-62(67)53-52-58(49-45-42-39-36-25-22-19-16-13-8-3)73-63(68)69-55-48-54-64(9-4)10-5/h20-21,23-24,28-31,58-59H,6-19,22,25-27,32-57H2,1-5H3/b23-20-,24-21?,30-28-,31-29?. The number of unbranched alkanes of at least 4 members (excludes halogenated alkanes) is 25. The Kier molecular flexibility index (Phi) is 53.7. The van der Waals surface area contributed by atoms with E-state index in [1.54, 1.807) is 0 Å². The minimum absolute atomic E-state index is 0.00596. The van der Waals surface area contributed by atoms with Crippen LogP contribution in [0.4, 0.5) is 4.79 Å². The third kappa shape index (κ3) is 51.9. The van der Waals surface area contributed by atoms with Crippen LogP contribution in [0.25, 0.3) is 0 Å². The Hall–Kier alpha value is -3.40. The Balaban J connectivity index is 5.15. The van der Waals surface area contributed by atoms with Crippen LogP contribution in [-0.2, 0) is 38.1 Å². The molecule has 0 N–H and O–H groups in total. The van der Waals surface area contributed by atoms with Crippen LogP contribution in [0.2, 0.25) is 0 Å². The molecule has 0 aliphatic heterocycles. The van der Waals surface area contributed by atoms with Crippen molar-refractivity contribution in [3.8, 4) is 0 Å². The molecule has 10 nitrogen and oxygen atoms in total. The van der Waals surface area contributed by atoms with Crippen LogP contribution >= 0.6 is 0 Å². The zero-order valence-electron chi connectivity index (χ0n) is 48.0. The molecular weight excluding hydrogens is 915 g/mol. The van der Waals surface area contributed by atoms with Gasteiger partial charge in [0, 0.05) is 25.8 Å². The van der Waals surface area contributed by atoms with Crippen molar-refractivity contribution < 1.29 is 42.9 Å². The highest BCUT2D eigenvalue weighted by Gasteiger charge is 2.22. The second kappa shape index (κ2) is 56.3. The molecular formula is C63H113NO9. The summed E-state index contributed by atoms with van der Waals surface area (Å²) in [5.74, 6) is -1.24. The first-order valence-corrected chi connectivity index (χ1v) is 30.5. The van der Waals surface area contributed by atoms with Crippen LogP contribution in [0.15, 0.2) is 48.6 Å². The Bertz CT molecular complexity index is 1310. The molecule has 0 fully saturated rings. The molecule has 0 amide bonds. The second-order valence-corrected chi connectivity index (χ2v) is 20.2. The lowest BCUT2D eigenvalue weighted by Crippen LogP contribution is -2.31. The number of esters is 3. The highest BCUT2D eigenvalue weighted by molar-refractivity contribution is 5.71. The second-order valence-electron chi connectivity index (χ2n) is 20.2. The zero-order valence-corrected chi connectivity index (χ0v) is 48.0. The van der Waals surface area contributed by atoms with Gasteiger partial charge in [-0.05, 0) is 116 Å². The summed E-state index contributed by atoms with van der Waals surface area (Å²) in [6, 6.07) is 0. The average Bonchev–Trinajstić information content (AvgIpc) is 3.39. The molecule has 2 atom stereocenters. The first-order chi connectivity index (χ1) is 35.8. The molecule has 0 aromatic carbocycles. The minimum atomic E-state index is -0.938. The number of rotatable bonds is 54. The molecule has 424 valence electrons. The van der Waals surface area contributed by atoms with E-state index >= 15 is 0 Å². The van der Waals surface area contributed by atoms with Crippen LogP contribution in [0.5, 0.6) is 0 Å². The highest BCUT2D eigenvalue weighted by atomic mass is 16.7.